The van der Waals surface area contributed by atoms with Gasteiger partial charge in [-0.3, -0.25) is 9.36 Å². The van der Waals surface area contributed by atoms with Crippen molar-refractivity contribution in [3.8, 4) is 5.69 Å². The molecule has 24 heavy (non-hydrogen) atoms. The summed E-state index contributed by atoms with van der Waals surface area (Å²) in [4.78, 5) is 18.4. The van der Waals surface area contributed by atoms with Crippen LogP contribution in [0.3, 0.4) is 0 Å². The molecule has 4 nitrogen and oxygen atoms in total. The highest BCUT2D eigenvalue weighted by atomic mass is 35.5. The highest BCUT2D eigenvalue weighted by molar-refractivity contribution is 7.99. The van der Waals surface area contributed by atoms with E-state index in [1.807, 2.05) is 35.9 Å². The maximum atomic E-state index is 12.3. The van der Waals surface area contributed by atoms with Crippen LogP contribution in [-0.4, -0.2) is 39.2 Å². The number of nitrogens with zero attached hydrogens (tertiary/aromatic N) is 3. The number of thioether (sulfide) groups is 1. The zero-order valence-corrected chi connectivity index (χ0v) is 15.2. The minimum atomic E-state index is 0.0252. The van der Waals surface area contributed by atoms with E-state index >= 15 is 0 Å². The number of amides is 1. The van der Waals surface area contributed by atoms with Gasteiger partial charge in [0, 0.05) is 30.5 Å². The number of benzene rings is 1. The van der Waals surface area contributed by atoms with Crippen molar-refractivity contribution >= 4 is 29.3 Å². The van der Waals surface area contributed by atoms with Crippen molar-refractivity contribution in [3.63, 3.8) is 0 Å². The fraction of sp³-hybridized carbons (Fsp3) is 0.222. The number of carbonyl (C=O) groups excluding carboxylic acids is 1. The normalized spacial score (nSPS) is 10.4. The summed E-state index contributed by atoms with van der Waals surface area (Å²) in [6.45, 7) is 10.3. The van der Waals surface area contributed by atoms with Crippen LogP contribution in [0.1, 0.15) is 5.56 Å². The number of rotatable bonds is 8. The number of carbonyl (C=O) groups is 1. The van der Waals surface area contributed by atoms with Gasteiger partial charge in [-0.1, -0.05) is 41.6 Å². The molecule has 1 heterocycles. The lowest BCUT2D eigenvalue weighted by Crippen LogP contribution is -2.32. The van der Waals surface area contributed by atoms with Crippen LogP contribution in [0.15, 0.2) is 61.1 Å². The second kappa shape index (κ2) is 8.76. The van der Waals surface area contributed by atoms with Crippen LogP contribution >= 0.6 is 23.4 Å². The zero-order valence-electron chi connectivity index (χ0n) is 13.6. The number of imidazole rings is 1. The van der Waals surface area contributed by atoms with Crippen molar-refractivity contribution in [3.05, 3.63) is 66.5 Å². The average molecular weight is 362 g/mol. The molecule has 1 aromatic carbocycles. The SMILES string of the molecule is C=CCN(CC=C)C(=O)CSc1nccn1-c1cccc(Cl)c1C. The van der Waals surface area contributed by atoms with Gasteiger partial charge >= 0.3 is 0 Å². The molecule has 0 spiro atoms. The summed E-state index contributed by atoms with van der Waals surface area (Å²) in [6, 6.07) is 5.74. The highest BCUT2D eigenvalue weighted by Crippen LogP contribution is 2.26. The largest absolute Gasteiger partial charge is 0.335 e. The summed E-state index contributed by atoms with van der Waals surface area (Å²) in [5.41, 5.74) is 1.94. The van der Waals surface area contributed by atoms with E-state index in [2.05, 4.69) is 18.1 Å². The third-order valence-corrected chi connectivity index (χ3v) is 4.84. The van der Waals surface area contributed by atoms with Gasteiger partial charge in [0.2, 0.25) is 5.91 Å². The molecule has 0 unspecified atom stereocenters. The van der Waals surface area contributed by atoms with Crippen LogP contribution in [0, 0.1) is 6.92 Å². The van der Waals surface area contributed by atoms with Crippen molar-refractivity contribution in [1.82, 2.24) is 14.5 Å². The molecular formula is C18H20ClN3OS. The molecule has 2 aromatic rings. The third kappa shape index (κ3) is 4.30. The van der Waals surface area contributed by atoms with E-state index in [4.69, 9.17) is 11.6 Å². The number of hydrogen-bond acceptors (Lipinski definition) is 3. The quantitative estimate of drug-likeness (QED) is 0.524. The summed E-state index contributed by atoms with van der Waals surface area (Å²) in [7, 11) is 0. The molecule has 0 N–H and O–H groups in total. The Morgan fingerprint density at radius 3 is 2.75 bits per heavy atom. The van der Waals surface area contributed by atoms with E-state index in [9.17, 15) is 4.79 Å². The van der Waals surface area contributed by atoms with Crippen molar-refractivity contribution in [2.45, 2.75) is 12.1 Å². The Morgan fingerprint density at radius 1 is 1.38 bits per heavy atom. The first-order chi connectivity index (χ1) is 11.6. The van der Waals surface area contributed by atoms with Gasteiger partial charge in [0.15, 0.2) is 5.16 Å². The lowest BCUT2D eigenvalue weighted by atomic mass is 10.2. The Kier molecular flexibility index (Phi) is 6.70. The van der Waals surface area contributed by atoms with Crippen LogP contribution in [-0.2, 0) is 4.79 Å². The molecule has 0 fully saturated rings. The van der Waals surface area contributed by atoms with Crippen molar-refractivity contribution in [2.75, 3.05) is 18.8 Å². The third-order valence-electron chi connectivity index (χ3n) is 3.48. The molecule has 0 atom stereocenters. The molecule has 0 aliphatic rings. The number of aromatic nitrogens is 2. The Bertz CT molecular complexity index is 732. The Balaban J connectivity index is 2.14. The van der Waals surface area contributed by atoms with Crippen molar-refractivity contribution < 1.29 is 4.79 Å². The fourth-order valence-corrected chi connectivity index (χ4v) is 3.28. The van der Waals surface area contributed by atoms with Crippen LogP contribution in [0.5, 0.6) is 0 Å². The zero-order chi connectivity index (χ0) is 17.5. The van der Waals surface area contributed by atoms with Crippen LogP contribution < -0.4 is 0 Å². The summed E-state index contributed by atoms with van der Waals surface area (Å²) in [5, 5.41) is 1.46. The smallest absolute Gasteiger partial charge is 0.233 e. The minimum Gasteiger partial charge on any atom is -0.335 e. The molecule has 126 valence electrons. The Labute approximate surface area is 151 Å². The van der Waals surface area contributed by atoms with E-state index in [1.54, 1.807) is 23.2 Å². The molecule has 0 saturated carbocycles. The standard InChI is InChI=1S/C18H20ClN3OS/c1-4-10-21(11-5-2)17(23)13-24-18-20-9-12-22(18)16-8-6-7-15(19)14(16)3/h4-9,12H,1-2,10-11,13H2,3H3. The molecule has 0 aliphatic carbocycles. The predicted molar refractivity (Wildman–Crippen MR) is 101 cm³/mol. The molecule has 0 bridgehead atoms. The Morgan fingerprint density at radius 2 is 2.08 bits per heavy atom. The molecular weight excluding hydrogens is 342 g/mol. The first-order valence-corrected chi connectivity index (χ1v) is 8.86. The molecule has 2 rings (SSSR count). The van der Waals surface area contributed by atoms with Gasteiger partial charge in [-0.05, 0) is 24.6 Å². The van der Waals surface area contributed by atoms with E-state index in [0.29, 0.717) is 23.9 Å². The monoisotopic (exact) mass is 361 g/mol. The van der Waals surface area contributed by atoms with E-state index < -0.39 is 0 Å². The van der Waals surface area contributed by atoms with Crippen molar-refractivity contribution in [2.24, 2.45) is 0 Å². The number of halogens is 1. The maximum Gasteiger partial charge on any atom is 0.233 e. The molecule has 1 amide bonds. The fourth-order valence-electron chi connectivity index (χ4n) is 2.24. The van der Waals surface area contributed by atoms with Crippen LogP contribution in [0.4, 0.5) is 0 Å². The van der Waals surface area contributed by atoms with E-state index in [1.165, 1.54) is 11.8 Å². The summed E-state index contributed by atoms with van der Waals surface area (Å²) < 4.78 is 1.95. The van der Waals surface area contributed by atoms with Crippen LogP contribution in [0.2, 0.25) is 5.02 Å². The van der Waals surface area contributed by atoms with Gasteiger partial charge in [0.1, 0.15) is 0 Å². The molecule has 0 saturated heterocycles. The van der Waals surface area contributed by atoms with Gasteiger partial charge < -0.3 is 4.90 Å². The van der Waals surface area contributed by atoms with Gasteiger partial charge in [-0.15, -0.1) is 13.2 Å². The van der Waals surface area contributed by atoms with Crippen molar-refractivity contribution in [1.29, 1.82) is 0 Å². The first-order valence-electron chi connectivity index (χ1n) is 7.49. The van der Waals surface area contributed by atoms with Crippen LogP contribution in [0.25, 0.3) is 5.69 Å². The Hall–Kier alpha value is -1.98. The second-order valence-electron chi connectivity index (χ2n) is 5.13. The lowest BCUT2D eigenvalue weighted by molar-refractivity contribution is -0.127. The van der Waals surface area contributed by atoms with Gasteiger partial charge in [0.05, 0.1) is 11.4 Å². The average Bonchev–Trinajstić information content (AvgIpc) is 3.03. The van der Waals surface area contributed by atoms with Gasteiger partial charge in [-0.2, -0.15) is 0 Å². The topological polar surface area (TPSA) is 38.1 Å². The molecule has 6 heteroatoms. The van der Waals surface area contributed by atoms with Gasteiger partial charge in [-0.25, -0.2) is 4.98 Å². The highest BCUT2D eigenvalue weighted by Gasteiger charge is 2.14. The summed E-state index contributed by atoms with van der Waals surface area (Å²) in [6.07, 6.45) is 7.01. The molecule has 1 aromatic heterocycles. The summed E-state index contributed by atoms with van der Waals surface area (Å²) in [5.74, 6) is 0.329. The first kappa shape index (κ1) is 18.4. The molecule has 0 radical (unpaired) electrons. The van der Waals surface area contributed by atoms with E-state index in [-0.39, 0.29) is 5.91 Å². The molecule has 0 aliphatic heterocycles. The van der Waals surface area contributed by atoms with E-state index in [0.717, 1.165) is 16.4 Å². The maximum absolute atomic E-state index is 12.3. The second-order valence-corrected chi connectivity index (χ2v) is 6.48. The summed E-state index contributed by atoms with van der Waals surface area (Å²) >= 11 is 7.60. The number of hydrogen-bond donors (Lipinski definition) is 0. The minimum absolute atomic E-state index is 0.0252. The van der Waals surface area contributed by atoms with Gasteiger partial charge in [0.25, 0.3) is 0 Å². The predicted octanol–water partition coefficient (Wildman–Crippen LogP) is 4.13. The lowest BCUT2D eigenvalue weighted by Gasteiger charge is -2.19.